The minimum atomic E-state index is 0.358. The molecule has 2 heterocycles. The van der Waals surface area contributed by atoms with E-state index in [1.54, 1.807) is 5.56 Å². The topological polar surface area (TPSA) is 40.8 Å². The number of rotatable bonds is 5. The molecule has 0 unspecified atom stereocenters. The van der Waals surface area contributed by atoms with Crippen molar-refractivity contribution in [3.8, 4) is 0 Å². The Morgan fingerprint density at radius 2 is 1.57 bits per heavy atom. The number of hydrogen-bond acceptors (Lipinski definition) is 1. The van der Waals surface area contributed by atoms with Gasteiger partial charge in [-0.1, -0.05) is 73.7 Å². The van der Waals surface area contributed by atoms with Crippen LogP contribution in [0.5, 0.6) is 0 Å². The van der Waals surface area contributed by atoms with Gasteiger partial charge in [-0.05, 0) is 65.3 Å². The lowest BCUT2D eigenvalue weighted by Crippen LogP contribution is -2.34. The van der Waals surface area contributed by atoms with Crippen LogP contribution in [0.1, 0.15) is 54.0 Å². The molecule has 1 fully saturated rings. The van der Waals surface area contributed by atoms with Crippen LogP contribution in [0.4, 0.5) is 0 Å². The Morgan fingerprint density at radius 1 is 0.829 bits per heavy atom. The smallest absolute Gasteiger partial charge is 0.0717 e. The standard InChI is InChI=1S/C32H32N2O/c1-20-15-22(19-35-18-21-9-3-2-4-10-21)29-25(16-20)30-24-12-6-8-14-28(24)34-32(30)31(29)26-17-33-27-13-7-5-11-23(26)27/h2-14,17,20,22,25,29,31,33-34H,15-16,18-19H2,1H3/t20-,22-,25-,29+,31-/m1/s1. The predicted molar refractivity (Wildman–Crippen MR) is 143 cm³/mol. The molecule has 3 nitrogen and oxygen atoms in total. The van der Waals surface area contributed by atoms with Gasteiger partial charge in [0, 0.05) is 39.6 Å². The molecule has 3 aromatic carbocycles. The van der Waals surface area contributed by atoms with Crippen molar-refractivity contribution in [3.63, 3.8) is 0 Å². The van der Waals surface area contributed by atoms with E-state index in [4.69, 9.17) is 4.74 Å². The van der Waals surface area contributed by atoms with Crippen LogP contribution in [-0.4, -0.2) is 16.6 Å². The van der Waals surface area contributed by atoms with Crippen molar-refractivity contribution >= 4 is 21.8 Å². The van der Waals surface area contributed by atoms with Gasteiger partial charge in [0.2, 0.25) is 0 Å². The minimum Gasteiger partial charge on any atom is -0.376 e. The molecule has 1 saturated carbocycles. The van der Waals surface area contributed by atoms with Gasteiger partial charge in [0.25, 0.3) is 0 Å². The number of para-hydroxylation sites is 2. The highest BCUT2D eigenvalue weighted by atomic mass is 16.5. The third-order valence-corrected chi connectivity index (χ3v) is 8.61. The Kier molecular flexibility index (Phi) is 5.06. The van der Waals surface area contributed by atoms with E-state index in [1.807, 2.05) is 0 Å². The Bertz CT molecular complexity index is 1480. The minimum absolute atomic E-state index is 0.358. The molecule has 5 aromatic rings. The molecule has 2 aliphatic rings. The summed E-state index contributed by atoms with van der Waals surface area (Å²) in [6.45, 7) is 3.95. The fourth-order valence-corrected chi connectivity index (χ4v) is 7.32. The van der Waals surface area contributed by atoms with Crippen LogP contribution in [0, 0.1) is 17.8 Å². The normalized spacial score (nSPS) is 25.7. The molecule has 0 spiro atoms. The third kappa shape index (κ3) is 3.44. The first-order valence-electron chi connectivity index (χ1n) is 13.1. The van der Waals surface area contributed by atoms with Crippen LogP contribution in [0.15, 0.2) is 85.1 Å². The molecule has 0 saturated heterocycles. The number of H-pyrrole nitrogens is 2. The maximum atomic E-state index is 6.41. The molecule has 5 atom stereocenters. The highest BCUT2D eigenvalue weighted by Crippen LogP contribution is 2.60. The second-order valence-electron chi connectivity index (χ2n) is 10.8. The van der Waals surface area contributed by atoms with Crippen LogP contribution in [0.25, 0.3) is 21.8 Å². The van der Waals surface area contributed by atoms with Crippen LogP contribution < -0.4 is 0 Å². The predicted octanol–water partition coefficient (Wildman–Crippen LogP) is 7.76. The van der Waals surface area contributed by atoms with Gasteiger partial charge in [-0.3, -0.25) is 0 Å². The summed E-state index contributed by atoms with van der Waals surface area (Å²) in [6.07, 6.45) is 4.76. The molecule has 0 radical (unpaired) electrons. The van der Waals surface area contributed by atoms with Crippen molar-refractivity contribution in [1.29, 1.82) is 0 Å². The summed E-state index contributed by atoms with van der Waals surface area (Å²) in [6, 6.07) is 28.2. The summed E-state index contributed by atoms with van der Waals surface area (Å²) in [5.41, 5.74) is 8.20. The Hall–Kier alpha value is -3.30. The van der Waals surface area contributed by atoms with Gasteiger partial charge >= 0.3 is 0 Å². The van der Waals surface area contributed by atoms with Gasteiger partial charge in [-0.15, -0.1) is 0 Å². The number of hydrogen-bond donors (Lipinski definition) is 2. The summed E-state index contributed by atoms with van der Waals surface area (Å²) in [4.78, 5) is 7.47. The first-order valence-corrected chi connectivity index (χ1v) is 13.1. The lowest BCUT2D eigenvalue weighted by Gasteiger charge is -2.40. The highest BCUT2D eigenvalue weighted by molar-refractivity contribution is 5.89. The van der Waals surface area contributed by atoms with E-state index >= 15 is 0 Å². The van der Waals surface area contributed by atoms with Crippen LogP contribution in [-0.2, 0) is 11.3 Å². The molecule has 35 heavy (non-hydrogen) atoms. The number of nitrogens with one attached hydrogen (secondary N) is 2. The summed E-state index contributed by atoms with van der Waals surface area (Å²) in [5.74, 6) is 2.70. The van der Waals surface area contributed by atoms with Crippen molar-refractivity contribution in [3.05, 3.63) is 107 Å². The van der Waals surface area contributed by atoms with Gasteiger partial charge in [0.05, 0.1) is 13.2 Å². The number of aromatic nitrogens is 2. The van der Waals surface area contributed by atoms with Crippen molar-refractivity contribution in [2.24, 2.45) is 17.8 Å². The summed E-state index contributed by atoms with van der Waals surface area (Å²) >= 11 is 0. The third-order valence-electron chi connectivity index (χ3n) is 8.61. The Labute approximate surface area is 206 Å². The molecule has 2 aliphatic carbocycles. The maximum Gasteiger partial charge on any atom is 0.0717 e. The number of benzene rings is 3. The second-order valence-corrected chi connectivity index (χ2v) is 10.8. The lowest BCUT2D eigenvalue weighted by atomic mass is 9.65. The van der Waals surface area contributed by atoms with Gasteiger partial charge in [0.15, 0.2) is 0 Å². The molecule has 0 amide bonds. The van der Waals surface area contributed by atoms with E-state index in [2.05, 4.69) is 102 Å². The zero-order valence-electron chi connectivity index (χ0n) is 20.2. The fourth-order valence-electron chi connectivity index (χ4n) is 7.32. The zero-order valence-corrected chi connectivity index (χ0v) is 20.2. The van der Waals surface area contributed by atoms with Crippen LogP contribution in [0.3, 0.4) is 0 Å². The first-order chi connectivity index (χ1) is 17.3. The molecule has 2 N–H and O–H groups in total. The first kappa shape index (κ1) is 21.0. The fraction of sp³-hybridized carbons (Fsp3) is 0.312. The Morgan fingerprint density at radius 3 is 2.43 bits per heavy atom. The highest BCUT2D eigenvalue weighted by Gasteiger charge is 2.50. The van der Waals surface area contributed by atoms with Gasteiger partial charge in [-0.2, -0.15) is 0 Å². The van der Waals surface area contributed by atoms with Crippen molar-refractivity contribution in [1.82, 2.24) is 9.97 Å². The number of fused-ring (bicyclic) bond motifs is 6. The van der Waals surface area contributed by atoms with Gasteiger partial charge < -0.3 is 14.7 Å². The zero-order chi connectivity index (χ0) is 23.4. The molecular weight excluding hydrogens is 428 g/mol. The second kappa shape index (κ2) is 8.42. The summed E-state index contributed by atoms with van der Waals surface area (Å²) < 4.78 is 6.41. The summed E-state index contributed by atoms with van der Waals surface area (Å²) in [7, 11) is 0. The molecule has 0 aliphatic heterocycles. The van der Waals surface area contributed by atoms with E-state index < -0.39 is 0 Å². The van der Waals surface area contributed by atoms with Crippen LogP contribution >= 0.6 is 0 Å². The van der Waals surface area contributed by atoms with E-state index in [0.717, 1.165) is 6.61 Å². The van der Waals surface area contributed by atoms with E-state index in [1.165, 1.54) is 51.5 Å². The quantitative estimate of drug-likeness (QED) is 0.276. The number of ether oxygens (including phenoxy) is 1. The monoisotopic (exact) mass is 460 g/mol. The molecule has 0 bridgehead atoms. The SMILES string of the molecule is C[C@@H]1C[C@H](COCc2ccccc2)[C@@H]2[C@@H](c3c[nH]c4ccccc34)c3[nH]c4ccccc4c3[C@@H]2C1. The summed E-state index contributed by atoms with van der Waals surface area (Å²) in [5, 5.41) is 2.77. The molecule has 2 aromatic heterocycles. The number of aromatic amines is 2. The Balaban J connectivity index is 1.31. The lowest BCUT2D eigenvalue weighted by molar-refractivity contribution is 0.0299. The maximum absolute atomic E-state index is 6.41. The average molecular weight is 461 g/mol. The van der Waals surface area contributed by atoms with Crippen molar-refractivity contribution in [2.45, 2.75) is 38.2 Å². The molecular formula is C32H32N2O. The van der Waals surface area contributed by atoms with Gasteiger partial charge in [0.1, 0.15) is 0 Å². The van der Waals surface area contributed by atoms with E-state index in [-0.39, 0.29) is 0 Å². The molecule has 3 heteroatoms. The van der Waals surface area contributed by atoms with E-state index in [9.17, 15) is 0 Å². The average Bonchev–Trinajstić information content (AvgIpc) is 3.56. The molecule has 176 valence electrons. The van der Waals surface area contributed by atoms with Crippen molar-refractivity contribution in [2.75, 3.05) is 6.61 Å². The van der Waals surface area contributed by atoms with Crippen LogP contribution in [0.2, 0.25) is 0 Å². The van der Waals surface area contributed by atoms with E-state index in [0.29, 0.717) is 36.2 Å². The molecule has 7 rings (SSSR count). The van der Waals surface area contributed by atoms with Crippen molar-refractivity contribution < 1.29 is 4.74 Å². The van der Waals surface area contributed by atoms with Gasteiger partial charge in [-0.25, -0.2) is 0 Å². The largest absolute Gasteiger partial charge is 0.376 e.